The Morgan fingerprint density at radius 2 is 1.88 bits per heavy atom. The van der Waals surface area contributed by atoms with Crippen LogP contribution in [0.1, 0.15) is 13.8 Å². The number of hydrogen-bond donors (Lipinski definition) is 2. The second-order valence-corrected chi connectivity index (χ2v) is 5.23. The summed E-state index contributed by atoms with van der Waals surface area (Å²) in [5.41, 5.74) is 4.27. The van der Waals surface area contributed by atoms with Gasteiger partial charge in [0.1, 0.15) is 16.4 Å². The predicted molar refractivity (Wildman–Crippen MR) is 56.2 cm³/mol. The zero-order valence-electron chi connectivity index (χ0n) is 8.79. The number of sulfonamides is 1. The van der Waals surface area contributed by atoms with Crippen LogP contribution in [-0.2, 0) is 10.0 Å². The van der Waals surface area contributed by atoms with Crippen LogP contribution in [0.4, 0.5) is 14.5 Å². The highest BCUT2D eigenvalue weighted by molar-refractivity contribution is 7.89. The van der Waals surface area contributed by atoms with E-state index in [2.05, 4.69) is 4.72 Å². The largest absolute Gasteiger partial charge is 0.394 e. The first-order valence-corrected chi connectivity index (χ1v) is 6.00. The van der Waals surface area contributed by atoms with Crippen molar-refractivity contribution in [3.8, 4) is 0 Å². The quantitative estimate of drug-likeness (QED) is 0.793. The molecule has 0 fully saturated rings. The molecule has 4 nitrogen and oxygen atoms in total. The van der Waals surface area contributed by atoms with Crippen LogP contribution in [-0.4, -0.2) is 14.5 Å². The number of halogens is 2. The van der Waals surface area contributed by atoms with Crippen LogP contribution in [0.2, 0.25) is 0 Å². The van der Waals surface area contributed by atoms with Crippen LogP contribution in [0.25, 0.3) is 0 Å². The first-order valence-electron chi connectivity index (χ1n) is 4.51. The predicted octanol–water partition coefficient (Wildman–Crippen LogP) is 1.23. The Bertz CT molecular complexity index is 500. The number of nitrogens with one attached hydrogen (secondary N) is 1. The normalized spacial score (nSPS) is 12.1. The van der Waals surface area contributed by atoms with E-state index in [-0.39, 0.29) is 0 Å². The Labute approximate surface area is 92.5 Å². The maximum Gasteiger partial charge on any atom is 0.243 e. The summed E-state index contributed by atoms with van der Waals surface area (Å²) in [5.74, 6) is -2.26. The molecule has 0 atom stereocenters. The van der Waals surface area contributed by atoms with Crippen LogP contribution in [0.3, 0.4) is 0 Å². The van der Waals surface area contributed by atoms with Crippen molar-refractivity contribution < 1.29 is 17.2 Å². The lowest BCUT2D eigenvalue weighted by atomic mass is 10.3. The van der Waals surface area contributed by atoms with E-state index in [1.807, 2.05) is 0 Å². The van der Waals surface area contributed by atoms with Crippen molar-refractivity contribution in [3.63, 3.8) is 0 Å². The first-order chi connectivity index (χ1) is 7.25. The van der Waals surface area contributed by atoms with E-state index in [1.165, 1.54) is 0 Å². The van der Waals surface area contributed by atoms with Crippen molar-refractivity contribution >= 4 is 15.7 Å². The lowest BCUT2D eigenvalue weighted by molar-refractivity contribution is 0.542. The Kier molecular flexibility index (Phi) is 3.49. The molecule has 0 spiro atoms. The van der Waals surface area contributed by atoms with Crippen molar-refractivity contribution in [2.75, 3.05) is 5.73 Å². The van der Waals surface area contributed by atoms with Crippen molar-refractivity contribution in [3.05, 3.63) is 23.8 Å². The number of anilines is 1. The summed E-state index contributed by atoms with van der Waals surface area (Å²) in [4.78, 5) is -0.653. The van der Waals surface area contributed by atoms with Crippen molar-refractivity contribution in [1.29, 1.82) is 0 Å². The van der Waals surface area contributed by atoms with Gasteiger partial charge in [0.2, 0.25) is 10.0 Å². The highest BCUT2D eigenvalue weighted by Gasteiger charge is 2.22. The zero-order chi connectivity index (χ0) is 12.5. The maximum atomic E-state index is 13.4. The molecule has 0 bridgehead atoms. The molecular formula is C9H12F2N2O2S. The number of hydrogen-bond acceptors (Lipinski definition) is 3. The van der Waals surface area contributed by atoms with Crippen LogP contribution < -0.4 is 10.5 Å². The monoisotopic (exact) mass is 250 g/mol. The molecule has 0 heterocycles. The van der Waals surface area contributed by atoms with Crippen molar-refractivity contribution in [2.24, 2.45) is 0 Å². The molecular weight excluding hydrogens is 238 g/mol. The number of nitrogens with two attached hydrogens (primary N) is 1. The molecule has 0 aliphatic carbocycles. The van der Waals surface area contributed by atoms with E-state index >= 15 is 0 Å². The summed E-state index contributed by atoms with van der Waals surface area (Å²) in [6, 6.07) is 1.26. The van der Waals surface area contributed by atoms with Gasteiger partial charge in [0.15, 0.2) is 5.82 Å². The van der Waals surface area contributed by atoms with Crippen LogP contribution in [0, 0.1) is 11.6 Å². The molecule has 0 radical (unpaired) electrons. The summed E-state index contributed by atoms with van der Waals surface area (Å²) in [6.45, 7) is 3.17. The van der Waals surface area contributed by atoms with Gasteiger partial charge in [-0.1, -0.05) is 0 Å². The Balaban J connectivity index is 3.30. The number of benzene rings is 1. The third-order valence-electron chi connectivity index (χ3n) is 1.77. The van der Waals surface area contributed by atoms with Crippen molar-refractivity contribution in [2.45, 2.75) is 24.8 Å². The SMILES string of the molecule is CC(C)NS(=O)(=O)c1ccc(F)c(N)c1F. The van der Waals surface area contributed by atoms with Gasteiger partial charge in [-0.25, -0.2) is 21.9 Å². The molecule has 0 unspecified atom stereocenters. The number of nitrogen functional groups attached to an aromatic ring is 1. The second-order valence-electron chi connectivity index (χ2n) is 3.55. The summed E-state index contributed by atoms with van der Waals surface area (Å²) in [5, 5.41) is 0. The van der Waals surface area contributed by atoms with Gasteiger partial charge in [0.05, 0.1) is 0 Å². The molecule has 0 aromatic heterocycles. The van der Waals surface area contributed by atoms with Crippen molar-refractivity contribution in [1.82, 2.24) is 4.72 Å². The summed E-state index contributed by atoms with van der Waals surface area (Å²) in [6.07, 6.45) is 0. The highest BCUT2D eigenvalue weighted by atomic mass is 32.2. The lowest BCUT2D eigenvalue weighted by Gasteiger charge is -2.11. The van der Waals surface area contributed by atoms with Gasteiger partial charge in [0.25, 0.3) is 0 Å². The van der Waals surface area contributed by atoms with Gasteiger partial charge < -0.3 is 5.73 Å². The van der Waals surface area contributed by atoms with E-state index in [1.54, 1.807) is 13.8 Å². The molecule has 0 saturated carbocycles. The topological polar surface area (TPSA) is 72.2 Å². The fourth-order valence-corrected chi connectivity index (χ4v) is 2.47. The third kappa shape index (κ3) is 2.48. The third-order valence-corrected chi connectivity index (χ3v) is 3.45. The molecule has 1 aromatic rings. The molecule has 90 valence electrons. The van der Waals surface area contributed by atoms with Gasteiger partial charge in [-0.15, -0.1) is 0 Å². The van der Waals surface area contributed by atoms with Gasteiger partial charge in [-0.3, -0.25) is 0 Å². The van der Waals surface area contributed by atoms with Crippen LogP contribution in [0.15, 0.2) is 17.0 Å². The molecule has 1 aromatic carbocycles. The average Bonchev–Trinajstić information content (AvgIpc) is 2.11. The Hall–Kier alpha value is -1.21. The molecule has 0 aliphatic heterocycles. The fraction of sp³-hybridized carbons (Fsp3) is 0.333. The van der Waals surface area contributed by atoms with E-state index in [0.717, 1.165) is 12.1 Å². The number of rotatable bonds is 3. The minimum Gasteiger partial charge on any atom is -0.394 e. The summed E-state index contributed by atoms with van der Waals surface area (Å²) >= 11 is 0. The van der Waals surface area contributed by atoms with Gasteiger partial charge >= 0.3 is 0 Å². The van der Waals surface area contributed by atoms with Crippen LogP contribution >= 0.6 is 0 Å². The van der Waals surface area contributed by atoms with Gasteiger partial charge in [-0.2, -0.15) is 0 Å². The van der Waals surface area contributed by atoms with Gasteiger partial charge in [-0.05, 0) is 26.0 Å². The van der Waals surface area contributed by atoms with E-state index < -0.39 is 38.3 Å². The summed E-state index contributed by atoms with van der Waals surface area (Å²) in [7, 11) is -4.00. The van der Waals surface area contributed by atoms with E-state index in [9.17, 15) is 17.2 Å². The van der Waals surface area contributed by atoms with Gasteiger partial charge in [0, 0.05) is 6.04 Å². The molecule has 0 aliphatic rings. The average molecular weight is 250 g/mol. The molecule has 7 heteroatoms. The maximum absolute atomic E-state index is 13.4. The Morgan fingerprint density at radius 1 is 1.31 bits per heavy atom. The summed E-state index contributed by atoms with van der Waals surface area (Å²) < 4.78 is 51.6. The minimum atomic E-state index is -4.00. The first kappa shape index (κ1) is 12.9. The molecule has 0 saturated heterocycles. The van der Waals surface area contributed by atoms with E-state index in [4.69, 9.17) is 5.73 Å². The smallest absolute Gasteiger partial charge is 0.243 e. The fourth-order valence-electron chi connectivity index (χ4n) is 1.13. The molecule has 3 N–H and O–H groups in total. The minimum absolute atomic E-state index is 0.393. The lowest BCUT2D eigenvalue weighted by Crippen LogP contribution is -2.31. The standard InChI is InChI=1S/C9H12F2N2O2S/c1-5(2)13-16(14,15)7-4-3-6(10)9(12)8(7)11/h3-5,13H,12H2,1-2H3. The molecule has 16 heavy (non-hydrogen) atoms. The Morgan fingerprint density at radius 3 is 2.38 bits per heavy atom. The molecule has 1 rings (SSSR count). The molecule has 0 amide bonds. The zero-order valence-corrected chi connectivity index (χ0v) is 9.61. The van der Waals surface area contributed by atoms with E-state index in [0.29, 0.717) is 0 Å². The second kappa shape index (κ2) is 4.34. The highest BCUT2D eigenvalue weighted by Crippen LogP contribution is 2.22. The van der Waals surface area contributed by atoms with Crippen LogP contribution in [0.5, 0.6) is 0 Å².